The van der Waals surface area contributed by atoms with Crippen LogP contribution in [0.25, 0.3) is 0 Å². The Morgan fingerprint density at radius 1 is 1.21 bits per heavy atom. The Kier molecular flexibility index (Phi) is 8.38. The Bertz CT molecular complexity index is 477. The van der Waals surface area contributed by atoms with E-state index in [4.69, 9.17) is 10.2 Å². The zero-order chi connectivity index (χ0) is 15.9. The number of aliphatic imine (C=N–C) groups is 1. The van der Waals surface area contributed by atoms with Crippen molar-refractivity contribution in [2.45, 2.75) is 63.5 Å². The third-order valence-electron chi connectivity index (χ3n) is 5.09. The Labute approximate surface area is 162 Å². The minimum atomic E-state index is 0. The molecule has 1 aliphatic carbocycles. The summed E-state index contributed by atoms with van der Waals surface area (Å²) in [6.45, 7) is 2.91. The van der Waals surface area contributed by atoms with Gasteiger partial charge in [0.25, 0.3) is 0 Å². The lowest BCUT2D eigenvalue weighted by Gasteiger charge is -2.24. The van der Waals surface area contributed by atoms with Crippen molar-refractivity contribution in [1.29, 1.82) is 0 Å². The molecular formula is C18H31IN4O. The number of nitrogens with two attached hydrogens (primary N) is 1. The standard InChI is InChI=1S/C18H30N4O.HI/c19-18(21-15-8-3-1-2-4-9-15)20-14-16(17-10-7-13-23-17)22-11-5-6-12-22;/h7,10,13,15-16H,1-6,8-9,11-12,14H2,(H3,19,20,21);1H. The minimum Gasteiger partial charge on any atom is -0.468 e. The number of halogens is 1. The number of hydrogen-bond donors (Lipinski definition) is 2. The van der Waals surface area contributed by atoms with Crippen LogP contribution in [0.1, 0.15) is 63.2 Å². The van der Waals surface area contributed by atoms with Crippen molar-refractivity contribution >= 4 is 29.9 Å². The van der Waals surface area contributed by atoms with Gasteiger partial charge in [-0.15, -0.1) is 24.0 Å². The number of nitrogens with one attached hydrogen (secondary N) is 1. The van der Waals surface area contributed by atoms with E-state index in [1.54, 1.807) is 6.26 Å². The normalized spacial score (nSPS) is 21.9. The summed E-state index contributed by atoms with van der Waals surface area (Å²) < 4.78 is 5.63. The molecule has 0 spiro atoms. The first-order valence-corrected chi connectivity index (χ1v) is 9.17. The third-order valence-corrected chi connectivity index (χ3v) is 5.09. The van der Waals surface area contributed by atoms with Gasteiger partial charge >= 0.3 is 0 Å². The van der Waals surface area contributed by atoms with Gasteiger partial charge in [-0.25, -0.2) is 0 Å². The van der Waals surface area contributed by atoms with E-state index in [0.29, 0.717) is 18.5 Å². The highest BCUT2D eigenvalue weighted by Gasteiger charge is 2.25. The summed E-state index contributed by atoms with van der Waals surface area (Å²) in [7, 11) is 0. The summed E-state index contributed by atoms with van der Waals surface area (Å²) in [5.74, 6) is 1.59. The van der Waals surface area contributed by atoms with Gasteiger partial charge in [-0.3, -0.25) is 9.89 Å². The molecule has 136 valence electrons. The van der Waals surface area contributed by atoms with Gasteiger partial charge in [0.15, 0.2) is 5.96 Å². The maximum atomic E-state index is 6.15. The predicted molar refractivity (Wildman–Crippen MR) is 109 cm³/mol. The van der Waals surface area contributed by atoms with E-state index in [0.717, 1.165) is 18.8 Å². The van der Waals surface area contributed by atoms with Gasteiger partial charge in [-0.2, -0.15) is 0 Å². The van der Waals surface area contributed by atoms with Gasteiger partial charge in [-0.05, 0) is 50.9 Å². The highest BCUT2D eigenvalue weighted by atomic mass is 127. The van der Waals surface area contributed by atoms with E-state index in [-0.39, 0.29) is 30.0 Å². The first-order chi connectivity index (χ1) is 11.3. The van der Waals surface area contributed by atoms with Gasteiger partial charge in [-0.1, -0.05) is 25.7 Å². The van der Waals surface area contributed by atoms with Crippen molar-refractivity contribution in [2.24, 2.45) is 10.7 Å². The van der Waals surface area contributed by atoms with Crippen LogP contribution in [0.3, 0.4) is 0 Å². The molecule has 1 aliphatic heterocycles. The molecule has 0 aromatic carbocycles. The third kappa shape index (κ3) is 5.65. The van der Waals surface area contributed by atoms with Gasteiger partial charge in [0.1, 0.15) is 5.76 Å². The first-order valence-electron chi connectivity index (χ1n) is 9.17. The van der Waals surface area contributed by atoms with Crippen molar-refractivity contribution in [2.75, 3.05) is 19.6 Å². The fraction of sp³-hybridized carbons (Fsp3) is 0.722. The number of hydrogen-bond acceptors (Lipinski definition) is 3. The molecule has 24 heavy (non-hydrogen) atoms. The van der Waals surface area contributed by atoms with E-state index in [1.165, 1.54) is 51.4 Å². The number of nitrogens with zero attached hydrogens (tertiary/aromatic N) is 2. The van der Waals surface area contributed by atoms with Crippen molar-refractivity contribution in [3.05, 3.63) is 24.2 Å². The number of likely N-dealkylation sites (tertiary alicyclic amines) is 1. The molecule has 1 saturated heterocycles. The second kappa shape index (κ2) is 10.3. The molecule has 1 aromatic rings. The predicted octanol–water partition coefficient (Wildman–Crippen LogP) is 3.66. The summed E-state index contributed by atoms with van der Waals surface area (Å²) in [6, 6.07) is 4.71. The molecule has 1 atom stereocenters. The average Bonchev–Trinajstić information content (AvgIpc) is 3.20. The second-order valence-electron chi connectivity index (χ2n) is 6.83. The van der Waals surface area contributed by atoms with Gasteiger partial charge in [0.2, 0.25) is 0 Å². The van der Waals surface area contributed by atoms with Crippen molar-refractivity contribution in [1.82, 2.24) is 10.2 Å². The zero-order valence-electron chi connectivity index (χ0n) is 14.5. The van der Waals surface area contributed by atoms with Gasteiger partial charge in [0.05, 0.1) is 18.8 Å². The maximum absolute atomic E-state index is 6.15. The maximum Gasteiger partial charge on any atom is 0.188 e. The fourth-order valence-electron chi connectivity index (χ4n) is 3.78. The van der Waals surface area contributed by atoms with Crippen LogP contribution < -0.4 is 11.1 Å². The largest absolute Gasteiger partial charge is 0.468 e. The molecule has 1 aromatic heterocycles. The topological polar surface area (TPSA) is 66.8 Å². The summed E-state index contributed by atoms with van der Waals surface area (Å²) >= 11 is 0. The molecule has 2 heterocycles. The quantitative estimate of drug-likeness (QED) is 0.314. The molecule has 0 bridgehead atoms. The highest BCUT2D eigenvalue weighted by Crippen LogP contribution is 2.25. The van der Waals surface area contributed by atoms with Crippen LogP contribution in [0, 0.1) is 0 Å². The summed E-state index contributed by atoms with van der Waals surface area (Å²) in [6.07, 6.45) is 12.0. The van der Waals surface area contributed by atoms with Crippen molar-refractivity contribution < 1.29 is 4.42 Å². The van der Waals surface area contributed by atoms with Crippen molar-refractivity contribution in [3.63, 3.8) is 0 Å². The lowest BCUT2D eigenvalue weighted by atomic mass is 10.1. The van der Waals surface area contributed by atoms with Crippen LogP contribution in [-0.2, 0) is 0 Å². The summed E-state index contributed by atoms with van der Waals surface area (Å²) in [4.78, 5) is 7.09. The van der Waals surface area contributed by atoms with Crippen LogP contribution in [0.4, 0.5) is 0 Å². The van der Waals surface area contributed by atoms with Gasteiger partial charge < -0.3 is 15.5 Å². The molecule has 0 radical (unpaired) electrons. The zero-order valence-corrected chi connectivity index (χ0v) is 16.8. The van der Waals surface area contributed by atoms with Gasteiger partial charge in [0, 0.05) is 6.04 Å². The molecule has 1 saturated carbocycles. The smallest absolute Gasteiger partial charge is 0.188 e. The number of guanidine groups is 1. The lowest BCUT2D eigenvalue weighted by molar-refractivity contribution is 0.221. The Morgan fingerprint density at radius 2 is 1.92 bits per heavy atom. The molecular weight excluding hydrogens is 415 g/mol. The van der Waals surface area contributed by atoms with Crippen LogP contribution in [0.2, 0.25) is 0 Å². The first kappa shape index (κ1) is 19.6. The van der Waals surface area contributed by atoms with Crippen LogP contribution in [0.15, 0.2) is 27.8 Å². The molecule has 0 amide bonds. The molecule has 6 heteroatoms. The summed E-state index contributed by atoms with van der Waals surface area (Å²) in [5.41, 5.74) is 6.15. The molecule has 3 rings (SSSR count). The van der Waals surface area contributed by atoms with E-state index < -0.39 is 0 Å². The monoisotopic (exact) mass is 446 g/mol. The van der Waals surface area contributed by atoms with Crippen LogP contribution in [-0.4, -0.2) is 36.5 Å². The highest BCUT2D eigenvalue weighted by molar-refractivity contribution is 14.0. The van der Waals surface area contributed by atoms with Crippen molar-refractivity contribution in [3.8, 4) is 0 Å². The Balaban J connectivity index is 0.00000208. The molecule has 2 aliphatic rings. The fourth-order valence-corrected chi connectivity index (χ4v) is 3.78. The second-order valence-corrected chi connectivity index (χ2v) is 6.83. The Hall–Kier alpha value is -0.760. The van der Waals surface area contributed by atoms with Crippen LogP contribution in [0.5, 0.6) is 0 Å². The van der Waals surface area contributed by atoms with E-state index in [9.17, 15) is 0 Å². The minimum absolute atomic E-state index is 0. The SMILES string of the molecule is I.NC(=NCC(c1ccco1)N1CCCC1)NC1CCCCCC1. The van der Waals surface area contributed by atoms with E-state index in [2.05, 4.69) is 15.2 Å². The summed E-state index contributed by atoms with van der Waals surface area (Å²) in [5, 5.41) is 3.43. The Morgan fingerprint density at radius 3 is 2.54 bits per heavy atom. The van der Waals surface area contributed by atoms with Crippen LogP contribution >= 0.6 is 24.0 Å². The van der Waals surface area contributed by atoms with E-state index in [1.807, 2.05) is 12.1 Å². The molecule has 1 unspecified atom stereocenters. The molecule has 2 fully saturated rings. The number of rotatable bonds is 5. The lowest BCUT2D eigenvalue weighted by Crippen LogP contribution is -2.40. The average molecular weight is 446 g/mol. The molecule has 5 nitrogen and oxygen atoms in total. The number of furan rings is 1. The molecule has 3 N–H and O–H groups in total. The van der Waals surface area contributed by atoms with E-state index >= 15 is 0 Å².